The van der Waals surface area contributed by atoms with Crippen LogP contribution in [0.4, 0.5) is 10.2 Å². The van der Waals surface area contributed by atoms with Crippen molar-refractivity contribution in [2.75, 3.05) is 5.32 Å². The minimum absolute atomic E-state index is 0.0536. The van der Waals surface area contributed by atoms with E-state index in [-0.39, 0.29) is 34.1 Å². The van der Waals surface area contributed by atoms with Gasteiger partial charge in [-0.05, 0) is 75.3 Å². The maximum Gasteiger partial charge on any atom is 0.257 e. The lowest BCUT2D eigenvalue weighted by Gasteiger charge is -2.27. The maximum atomic E-state index is 15.4. The average Bonchev–Trinajstić information content (AvgIpc) is 3.83. The van der Waals surface area contributed by atoms with E-state index in [4.69, 9.17) is 11.4 Å². The summed E-state index contributed by atoms with van der Waals surface area (Å²) in [7, 11) is 0. The summed E-state index contributed by atoms with van der Waals surface area (Å²) in [4.78, 5) is 30.6. The summed E-state index contributed by atoms with van der Waals surface area (Å²) < 4.78 is 59.3. The van der Waals surface area contributed by atoms with Crippen molar-refractivity contribution in [1.82, 2.24) is 25.7 Å². The van der Waals surface area contributed by atoms with E-state index >= 15 is 4.39 Å². The predicted molar refractivity (Wildman–Crippen MR) is 131 cm³/mol. The van der Waals surface area contributed by atoms with Crippen LogP contribution in [0.3, 0.4) is 0 Å². The highest BCUT2D eigenvalue weighted by Crippen LogP contribution is 2.51. The Hall–Kier alpha value is -3.56. The maximum absolute atomic E-state index is 15.4. The van der Waals surface area contributed by atoms with E-state index in [0.717, 1.165) is 25.7 Å². The molecule has 3 heterocycles. The third-order valence-electron chi connectivity index (χ3n) is 6.95. The summed E-state index contributed by atoms with van der Waals surface area (Å²) >= 11 is 0. The highest BCUT2D eigenvalue weighted by molar-refractivity contribution is 6.01. The number of carbonyl (C=O) groups excluding carboxylic acids is 2. The Morgan fingerprint density at radius 2 is 2.03 bits per heavy atom. The van der Waals surface area contributed by atoms with Gasteiger partial charge in [-0.3, -0.25) is 14.7 Å². The third kappa shape index (κ3) is 4.76. The fourth-order valence-corrected chi connectivity index (χ4v) is 4.89. The van der Waals surface area contributed by atoms with Crippen LogP contribution in [0.1, 0.15) is 73.8 Å². The topological polar surface area (TPSA) is 126 Å². The molecule has 10 heteroatoms. The minimum Gasteiger partial charge on any atom is -0.364 e. The van der Waals surface area contributed by atoms with Crippen LogP contribution in [0.2, 0.25) is 0 Å². The molecule has 9 nitrogen and oxygen atoms in total. The lowest BCUT2D eigenvalue weighted by atomic mass is 9.88. The molecule has 5 rings (SSSR count). The van der Waals surface area contributed by atoms with Crippen LogP contribution < -0.4 is 10.6 Å². The van der Waals surface area contributed by atoms with Crippen molar-refractivity contribution in [3.8, 4) is 11.1 Å². The molecule has 190 valence electrons. The third-order valence-corrected chi connectivity index (χ3v) is 6.95. The summed E-state index contributed by atoms with van der Waals surface area (Å²) in [6.45, 7) is 0.301. The fourth-order valence-electron chi connectivity index (χ4n) is 4.89. The number of nitrogens with one attached hydrogen (secondary N) is 3. The summed E-state index contributed by atoms with van der Waals surface area (Å²) in [5.74, 6) is -1.64. The molecule has 2 fully saturated rings. The van der Waals surface area contributed by atoms with Crippen molar-refractivity contribution < 1.29 is 25.4 Å². The number of H-pyrrole nitrogens is 1. The summed E-state index contributed by atoms with van der Waals surface area (Å²) in [5, 5.41) is 15.7. The van der Waals surface area contributed by atoms with E-state index < -0.39 is 42.7 Å². The Morgan fingerprint density at radius 1 is 1.28 bits per heavy atom. The van der Waals surface area contributed by atoms with Gasteiger partial charge in [-0.1, -0.05) is 18.9 Å². The van der Waals surface area contributed by atoms with E-state index in [1.807, 2.05) is 6.92 Å². The number of carbonyl (C=O) groups is 2. The number of rotatable bonds is 10. The largest absolute Gasteiger partial charge is 0.364 e. The number of halogens is 1. The van der Waals surface area contributed by atoms with Crippen molar-refractivity contribution >= 4 is 17.6 Å². The molecular formula is C26H31FN6O3. The lowest BCUT2D eigenvalue weighted by Crippen LogP contribution is -2.50. The monoisotopic (exact) mass is 499 g/mol. The van der Waals surface area contributed by atoms with Gasteiger partial charge in [0.25, 0.3) is 5.91 Å². The molecule has 3 aromatic rings. The van der Waals surface area contributed by atoms with Crippen molar-refractivity contribution in [3.05, 3.63) is 47.0 Å². The van der Waals surface area contributed by atoms with Gasteiger partial charge in [-0.15, -0.1) is 0 Å². The first-order chi connectivity index (χ1) is 19.3. The Labute approximate surface area is 215 Å². The van der Waals surface area contributed by atoms with Crippen molar-refractivity contribution in [2.24, 2.45) is 17.8 Å². The van der Waals surface area contributed by atoms with Gasteiger partial charge >= 0.3 is 0 Å². The van der Waals surface area contributed by atoms with Crippen molar-refractivity contribution in [2.45, 2.75) is 65.2 Å². The van der Waals surface area contributed by atoms with Crippen LogP contribution in [0.25, 0.3) is 11.1 Å². The number of hydrogen-bond acceptors (Lipinski definition) is 6. The highest BCUT2D eigenvalue weighted by Gasteiger charge is 2.48. The zero-order valence-electron chi connectivity index (χ0n) is 25.0. The zero-order valence-corrected chi connectivity index (χ0v) is 20.0. The van der Waals surface area contributed by atoms with E-state index in [0.29, 0.717) is 24.0 Å². The molecule has 3 aromatic heterocycles. The van der Waals surface area contributed by atoms with Crippen LogP contribution >= 0.6 is 0 Å². The van der Waals surface area contributed by atoms with Gasteiger partial charge in [-0.25, -0.2) is 4.98 Å². The lowest BCUT2D eigenvalue weighted by molar-refractivity contribution is -0.119. The van der Waals surface area contributed by atoms with E-state index in [1.165, 1.54) is 25.3 Å². The van der Waals surface area contributed by atoms with Gasteiger partial charge < -0.3 is 15.2 Å². The molecule has 1 unspecified atom stereocenters. The van der Waals surface area contributed by atoms with Crippen LogP contribution in [0.15, 0.2) is 22.9 Å². The molecule has 3 N–H and O–H groups in total. The Bertz CT molecular complexity index is 1450. The van der Waals surface area contributed by atoms with Gasteiger partial charge in [0.1, 0.15) is 23.7 Å². The number of aromatic nitrogens is 4. The van der Waals surface area contributed by atoms with Gasteiger partial charge in [0.15, 0.2) is 0 Å². The molecule has 0 radical (unpaired) electrons. The fraction of sp³-hybridized carbons (Fsp3) is 0.500. The number of amides is 2. The first-order valence-corrected chi connectivity index (χ1v) is 12.1. The molecule has 36 heavy (non-hydrogen) atoms. The Kier molecular flexibility index (Phi) is 5.10. The van der Waals surface area contributed by atoms with E-state index in [9.17, 15) is 9.59 Å². The van der Waals surface area contributed by atoms with E-state index in [1.54, 1.807) is 0 Å². The second-order valence-electron chi connectivity index (χ2n) is 9.45. The molecule has 2 aliphatic carbocycles. The summed E-state index contributed by atoms with van der Waals surface area (Å²) in [5.41, 5.74) is 0.301. The second kappa shape index (κ2) is 9.83. The predicted octanol–water partition coefficient (Wildman–Crippen LogP) is 4.21. The molecule has 0 spiro atoms. The van der Waals surface area contributed by atoms with Crippen LogP contribution in [0.5, 0.6) is 0 Å². The highest BCUT2D eigenvalue weighted by atomic mass is 19.1. The molecule has 0 bridgehead atoms. The molecular weight excluding hydrogens is 463 g/mol. The van der Waals surface area contributed by atoms with Crippen molar-refractivity contribution in [1.29, 1.82) is 0 Å². The average molecular weight is 500 g/mol. The minimum atomic E-state index is -3.05. The first-order valence-electron chi connectivity index (χ1n) is 14.6. The smallest absolute Gasteiger partial charge is 0.257 e. The second-order valence-corrected chi connectivity index (χ2v) is 9.45. The number of anilines is 1. The van der Waals surface area contributed by atoms with Crippen LogP contribution in [-0.4, -0.2) is 38.2 Å². The summed E-state index contributed by atoms with van der Waals surface area (Å²) in [6, 6.07) is 1.74. The molecule has 2 amide bonds. The van der Waals surface area contributed by atoms with Gasteiger partial charge in [0, 0.05) is 23.7 Å². The Balaban J connectivity index is 1.41. The molecule has 0 aliphatic heterocycles. The first kappa shape index (κ1) is 18.7. The van der Waals surface area contributed by atoms with Crippen LogP contribution in [-0.2, 0) is 17.6 Å². The SMILES string of the molecule is [2H]C([2H])([2H])C([2H])([2H])c1n[nH]c(C)c1-c1ccc(NC(=O)C(NC(=O)c2conc2CC)C(C2CC2)C2CC2)nc1F. The Morgan fingerprint density at radius 3 is 2.67 bits per heavy atom. The normalized spacial score (nSPS) is 19.1. The van der Waals surface area contributed by atoms with Gasteiger partial charge in [0.05, 0.1) is 11.4 Å². The standard InChI is InChI=1S/C26H31FN6O3/c1-4-18-17(12-36-33-18)25(34)30-23(22(14-6-7-14)15-8-9-15)26(35)29-20-11-10-16(24(27)28-20)21-13(3)31-32-19(21)5-2/h10-12,14-15,22-23H,4-9H2,1-3H3,(H,30,34)(H,31,32)(H,28,29,35)/i2D3,5D2. The molecule has 1 atom stereocenters. The number of nitrogens with zero attached hydrogens (tertiary/aromatic N) is 3. The van der Waals surface area contributed by atoms with Crippen molar-refractivity contribution in [3.63, 3.8) is 0 Å². The molecule has 0 saturated heterocycles. The molecule has 0 aromatic carbocycles. The van der Waals surface area contributed by atoms with E-state index in [2.05, 4.69) is 31.0 Å². The van der Waals surface area contributed by atoms with Crippen LogP contribution in [0, 0.1) is 30.6 Å². The molecule has 2 aliphatic rings. The number of pyridine rings is 1. The molecule has 2 saturated carbocycles. The number of hydrogen-bond donors (Lipinski definition) is 3. The summed E-state index contributed by atoms with van der Waals surface area (Å²) in [6.07, 6.45) is 2.73. The quantitative estimate of drug-likeness (QED) is 0.359. The van der Waals surface area contributed by atoms with Gasteiger partial charge in [0.2, 0.25) is 11.9 Å². The number of aromatic amines is 1. The zero-order chi connectivity index (χ0) is 29.7. The van der Waals surface area contributed by atoms with Gasteiger partial charge in [-0.2, -0.15) is 9.49 Å². The number of aryl methyl sites for hydroxylation is 3.